The number of nitrogens with zero attached hydrogens (tertiary/aromatic N) is 1. The Morgan fingerprint density at radius 1 is 1.39 bits per heavy atom. The summed E-state index contributed by atoms with van der Waals surface area (Å²) in [6.07, 6.45) is 0. The molecular weight excluding hydrogens is 321 g/mol. The SMILES string of the molecule is CCOC(=O)CN(C)C(=O)c1cc(Cl)cc(Br)c1. The van der Waals surface area contributed by atoms with Crippen molar-refractivity contribution in [2.45, 2.75) is 6.92 Å². The van der Waals surface area contributed by atoms with Crippen molar-refractivity contribution in [2.75, 3.05) is 20.2 Å². The van der Waals surface area contributed by atoms with E-state index in [0.717, 1.165) is 0 Å². The van der Waals surface area contributed by atoms with Crippen LogP contribution >= 0.6 is 27.5 Å². The number of amides is 1. The van der Waals surface area contributed by atoms with Crippen LogP contribution in [-0.4, -0.2) is 37.0 Å². The third kappa shape index (κ3) is 4.31. The monoisotopic (exact) mass is 333 g/mol. The summed E-state index contributed by atoms with van der Waals surface area (Å²) < 4.78 is 5.49. The van der Waals surface area contributed by atoms with Gasteiger partial charge >= 0.3 is 5.97 Å². The summed E-state index contributed by atoms with van der Waals surface area (Å²) in [7, 11) is 1.54. The molecule has 0 saturated carbocycles. The van der Waals surface area contributed by atoms with E-state index in [0.29, 0.717) is 21.7 Å². The Morgan fingerprint density at radius 3 is 2.61 bits per heavy atom. The molecule has 1 aromatic carbocycles. The molecule has 0 fully saturated rings. The van der Waals surface area contributed by atoms with Gasteiger partial charge in [-0.15, -0.1) is 0 Å². The minimum absolute atomic E-state index is 0.0865. The lowest BCUT2D eigenvalue weighted by Gasteiger charge is -2.16. The fraction of sp³-hybridized carbons (Fsp3) is 0.333. The molecule has 1 aromatic rings. The van der Waals surface area contributed by atoms with E-state index in [4.69, 9.17) is 16.3 Å². The van der Waals surface area contributed by atoms with E-state index in [1.807, 2.05) is 0 Å². The molecule has 0 bridgehead atoms. The first-order valence-electron chi connectivity index (χ1n) is 5.31. The van der Waals surface area contributed by atoms with Crippen molar-refractivity contribution in [3.05, 3.63) is 33.3 Å². The highest BCUT2D eigenvalue weighted by atomic mass is 79.9. The molecule has 0 heterocycles. The summed E-state index contributed by atoms with van der Waals surface area (Å²) in [4.78, 5) is 24.6. The van der Waals surface area contributed by atoms with Gasteiger partial charge in [-0.05, 0) is 25.1 Å². The van der Waals surface area contributed by atoms with Gasteiger partial charge in [-0.25, -0.2) is 0 Å². The zero-order valence-electron chi connectivity index (χ0n) is 10.1. The zero-order chi connectivity index (χ0) is 13.7. The molecule has 0 N–H and O–H groups in total. The van der Waals surface area contributed by atoms with Crippen LogP contribution in [0.25, 0.3) is 0 Å². The molecule has 0 aliphatic heterocycles. The summed E-state index contributed by atoms with van der Waals surface area (Å²) in [6.45, 7) is 1.92. The fourth-order valence-electron chi connectivity index (χ4n) is 1.37. The predicted octanol–water partition coefficient (Wildman–Crippen LogP) is 2.74. The second kappa shape index (κ2) is 6.75. The molecule has 6 heteroatoms. The van der Waals surface area contributed by atoms with Crippen LogP contribution in [0.15, 0.2) is 22.7 Å². The van der Waals surface area contributed by atoms with Gasteiger partial charge in [0.2, 0.25) is 0 Å². The van der Waals surface area contributed by atoms with Crippen LogP contribution in [0.1, 0.15) is 17.3 Å². The number of ether oxygens (including phenoxy) is 1. The summed E-state index contributed by atoms with van der Waals surface area (Å²) >= 11 is 9.12. The van der Waals surface area contributed by atoms with Crippen LogP contribution in [-0.2, 0) is 9.53 Å². The lowest BCUT2D eigenvalue weighted by molar-refractivity contribution is -0.143. The van der Waals surface area contributed by atoms with Gasteiger partial charge in [-0.3, -0.25) is 9.59 Å². The fourth-order valence-corrected chi connectivity index (χ4v) is 2.23. The number of hydrogen-bond donors (Lipinski definition) is 0. The maximum Gasteiger partial charge on any atom is 0.325 e. The first-order chi connectivity index (χ1) is 8.43. The Balaban J connectivity index is 2.77. The van der Waals surface area contributed by atoms with Crippen molar-refractivity contribution in [2.24, 2.45) is 0 Å². The van der Waals surface area contributed by atoms with Crippen LogP contribution in [0, 0.1) is 0 Å². The number of hydrogen-bond acceptors (Lipinski definition) is 3. The van der Waals surface area contributed by atoms with E-state index in [1.54, 1.807) is 25.1 Å². The second-order valence-corrected chi connectivity index (χ2v) is 4.98. The number of likely N-dealkylation sites (N-methyl/N-ethyl adjacent to an activating group) is 1. The first-order valence-corrected chi connectivity index (χ1v) is 6.48. The molecule has 98 valence electrons. The molecule has 4 nitrogen and oxygen atoms in total. The van der Waals surface area contributed by atoms with Gasteiger partial charge < -0.3 is 9.64 Å². The van der Waals surface area contributed by atoms with Crippen LogP contribution in [0.5, 0.6) is 0 Å². The number of carbonyl (C=O) groups excluding carboxylic acids is 2. The maximum absolute atomic E-state index is 12.0. The molecule has 1 rings (SSSR count). The maximum atomic E-state index is 12.0. The number of benzene rings is 1. The molecule has 0 aliphatic rings. The summed E-state index contributed by atoms with van der Waals surface area (Å²) in [6, 6.07) is 4.88. The van der Waals surface area contributed by atoms with Crippen LogP contribution in [0.2, 0.25) is 5.02 Å². The van der Waals surface area contributed by atoms with Crippen molar-refractivity contribution in [1.82, 2.24) is 4.90 Å². The van der Waals surface area contributed by atoms with Crippen molar-refractivity contribution < 1.29 is 14.3 Å². The smallest absolute Gasteiger partial charge is 0.325 e. The molecule has 0 aliphatic carbocycles. The van der Waals surface area contributed by atoms with Crippen molar-refractivity contribution in [3.8, 4) is 0 Å². The van der Waals surface area contributed by atoms with Crippen molar-refractivity contribution >= 4 is 39.4 Å². The average Bonchev–Trinajstić information content (AvgIpc) is 2.26. The van der Waals surface area contributed by atoms with Crippen LogP contribution in [0.3, 0.4) is 0 Å². The third-order valence-corrected chi connectivity index (χ3v) is 2.80. The lowest BCUT2D eigenvalue weighted by atomic mass is 10.2. The van der Waals surface area contributed by atoms with Crippen molar-refractivity contribution in [1.29, 1.82) is 0 Å². The molecule has 0 aromatic heterocycles. The van der Waals surface area contributed by atoms with Gasteiger partial charge in [0.15, 0.2) is 0 Å². The van der Waals surface area contributed by atoms with Gasteiger partial charge in [-0.1, -0.05) is 27.5 Å². The molecular formula is C12H13BrClNO3. The number of carbonyl (C=O) groups is 2. The zero-order valence-corrected chi connectivity index (χ0v) is 12.4. The van der Waals surface area contributed by atoms with E-state index in [2.05, 4.69) is 15.9 Å². The van der Waals surface area contributed by atoms with Crippen LogP contribution in [0.4, 0.5) is 0 Å². The molecule has 0 saturated heterocycles. The average molecular weight is 335 g/mol. The molecule has 0 unspecified atom stereocenters. The molecule has 18 heavy (non-hydrogen) atoms. The quantitative estimate of drug-likeness (QED) is 0.795. The number of esters is 1. The van der Waals surface area contributed by atoms with Gasteiger partial charge in [-0.2, -0.15) is 0 Å². The van der Waals surface area contributed by atoms with E-state index < -0.39 is 5.97 Å². The first kappa shape index (κ1) is 15.0. The number of halogens is 2. The highest BCUT2D eigenvalue weighted by molar-refractivity contribution is 9.10. The van der Waals surface area contributed by atoms with E-state index in [-0.39, 0.29) is 12.5 Å². The normalized spacial score (nSPS) is 10.0. The Labute approximate surface area is 119 Å². The second-order valence-electron chi connectivity index (χ2n) is 3.62. The largest absolute Gasteiger partial charge is 0.465 e. The molecule has 0 radical (unpaired) electrons. The van der Waals surface area contributed by atoms with E-state index >= 15 is 0 Å². The Morgan fingerprint density at radius 2 is 2.06 bits per heavy atom. The molecule has 1 amide bonds. The van der Waals surface area contributed by atoms with Gasteiger partial charge in [0.25, 0.3) is 5.91 Å². The van der Waals surface area contributed by atoms with Gasteiger partial charge in [0.1, 0.15) is 6.54 Å². The van der Waals surface area contributed by atoms with Crippen molar-refractivity contribution in [3.63, 3.8) is 0 Å². The predicted molar refractivity (Wildman–Crippen MR) is 72.7 cm³/mol. The number of rotatable bonds is 4. The Bertz CT molecular complexity index is 444. The highest BCUT2D eigenvalue weighted by Crippen LogP contribution is 2.20. The Hall–Kier alpha value is -1.07. The topological polar surface area (TPSA) is 46.6 Å². The van der Waals surface area contributed by atoms with Gasteiger partial charge in [0, 0.05) is 22.1 Å². The minimum atomic E-state index is -0.436. The Kier molecular flexibility index (Phi) is 5.62. The van der Waals surface area contributed by atoms with E-state index in [9.17, 15) is 9.59 Å². The van der Waals surface area contributed by atoms with Gasteiger partial charge in [0.05, 0.1) is 6.61 Å². The molecule has 0 spiro atoms. The molecule has 0 atom stereocenters. The van der Waals surface area contributed by atoms with Crippen LogP contribution < -0.4 is 0 Å². The lowest BCUT2D eigenvalue weighted by Crippen LogP contribution is -2.33. The highest BCUT2D eigenvalue weighted by Gasteiger charge is 2.16. The summed E-state index contributed by atoms with van der Waals surface area (Å²) in [5.74, 6) is -0.722. The summed E-state index contributed by atoms with van der Waals surface area (Å²) in [5, 5.41) is 0.456. The standard InChI is InChI=1S/C12H13BrClNO3/c1-3-18-11(16)7-15(2)12(17)8-4-9(13)6-10(14)5-8/h4-6H,3,7H2,1-2H3. The minimum Gasteiger partial charge on any atom is -0.465 e. The summed E-state index contributed by atoms with van der Waals surface area (Å²) in [5.41, 5.74) is 0.418. The third-order valence-electron chi connectivity index (χ3n) is 2.13. The van der Waals surface area contributed by atoms with E-state index in [1.165, 1.54) is 11.9 Å².